The molecule has 0 radical (unpaired) electrons. The first-order valence-corrected chi connectivity index (χ1v) is 6.90. The van der Waals surface area contributed by atoms with Gasteiger partial charge in [0.2, 0.25) is 5.91 Å². The van der Waals surface area contributed by atoms with Gasteiger partial charge >= 0.3 is 0 Å². The molecule has 0 aliphatic carbocycles. The van der Waals surface area contributed by atoms with Crippen molar-refractivity contribution in [3.8, 4) is 0 Å². The van der Waals surface area contributed by atoms with Crippen LogP contribution in [0.1, 0.15) is 12.8 Å². The molecular weight excluding hydrogens is 238 g/mol. The monoisotopic (exact) mass is 261 g/mol. The second kappa shape index (κ2) is 6.57. The van der Waals surface area contributed by atoms with Crippen molar-refractivity contribution in [2.45, 2.75) is 18.9 Å². The Hall–Kier alpha value is -1.55. The quantitative estimate of drug-likeness (QED) is 0.875. The lowest BCUT2D eigenvalue weighted by molar-refractivity contribution is -0.130. The van der Waals surface area contributed by atoms with Crippen molar-refractivity contribution in [2.75, 3.05) is 39.0 Å². The summed E-state index contributed by atoms with van der Waals surface area (Å²) in [6.45, 7) is 2.23. The highest BCUT2D eigenvalue weighted by atomic mass is 16.2. The SMILES string of the molecule is CN(C)CC1CCCN1C(=O)CNc1ccccc1. The fourth-order valence-electron chi connectivity index (χ4n) is 2.61. The Morgan fingerprint density at radius 1 is 1.37 bits per heavy atom. The molecule has 104 valence electrons. The molecule has 4 heteroatoms. The van der Waals surface area contributed by atoms with E-state index in [1.165, 1.54) is 0 Å². The van der Waals surface area contributed by atoms with Crippen LogP contribution in [0.15, 0.2) is 30.3 Å². The van der Waals surface area contributed by atoms with Crippen LogP contribution in [0.5, 0.6) is 0 Å². The van der Waals surface area contributed by atoms with Crippen LogP contribution in [0, 0.1) is 0 Å². The summed E-state index contributed by atoms with van der Waals surface area (Å²) in [5, 5.41) is 3.19. The molecule has 0 spiro atoms. The van der Waals surface area contributed by atoms with Crippen LogP contribution < -0.4 is 5.32 Å². The van der Waals surface area contributed by atoms with Crippen LogP contribution in [0.25, 0.3) is 0 Å². The lowest BCUT2D eigenvalue weighted by Gasteiger charge is -2.27. The first-order chi connectivity index (χ1) is 9.16. The average molecular weight is 261 g/mol. The average Bonchev–Trinajstić information content (AvgIpc) is 2.84. The maximum Gasteiger partial charge on any atom is 0.242 e. The summed E-state index contributed by atoms with van der Waals surface area (Å²) in [6.07, 6.45) is 2.24. The Morgan fingerprint density at radius 2 is 2.11 bits per heavy atom. The fourth-order valence-corrected chi connectivity index (χ4v) is 2.61. The summed E-state index contributed by atoms with van der Waals surface area (Å²) in [5.74, 6) is 0.202. The largest absolute Gasteiger partial charge is 0.376 e. The predicted molar refractivity (Wildman–Crippen MR) is 78.2 cm³/mol. The molecule has 1 saturated heterocycles. The number of anilines is 1. The smallest absolute Gasteiger partial charge is 0.242 e. The summed E-state index contributed by atoms with van der Waals surface area (Å²) < 4.78 is 0. The maximum absolute atomic E-state index is 12.3. The van der Waals surface area contributed by atoms with E-state index in [9.17, 15) is 4.79 Å². The van der Waals surface area contributed by atoms with Gasteiger partial charge in [0.15, 0.2) is 0 Å². The number of likely N-dealkylation sites (N-methyl/N-ethyl adjacent to an activating group) is 1. The number of benzene rings is 1. The van der Waals surface area contributed by atoms with Crippen LogP contribution in [0.3, 0.4) is 0 Å². The van der Waals surface area contributed by atoms with Gasteiger partial charge in [-0.3, -0.25) is 4.79 Å². The van der Waals surface area contributed by atoms with Gasteiger partial charge in [-0.25, -0.2) is 0 Å². The molecule has 0 bridgehead atoms. The standard InChI is InChI=1S/C15H23N3O/c1-17(2)12-14-9-6-10-18(14)15(19)11-16-13-7-4-3-5-8-13/h3-5,7-8,14,16H,6,9-12H2,1-2H3. The number of nitrogens with zero attached hydrogens (tertiary/aromatic N) is 2. The minimum absolute atomic E-state index is 0.202. The van der Waals surface area contributed by atoms with Crippen LogP contribution in [0.2, 0.25) is 0 Å². The number of carbonyl (C=O) groups is 1. The Kier molecular flexibility index (Phi) is 4.80. The van der Waals surface area contributed by atoms with Gasteiger partial charge in [0.25, 0.3) is 0 Å². The molecule has 1 unspecified atom stereocenters. The Labute approximate surface area is 115 Å². The zero-order chi connectivity index (χ0) is 13.7. The molecule has 1 fully saturated rings. The van der Waals surface area contributed by atoms with E-state index in [0.717, 1.165) is 31.6 Å². The van der Waals surface area contributed by atoms with Gasteiger partial charge in [0, 0.05) is 24.8 Å². The Morgan fingerprint density at radius 3 is 2.79 bits per heavy atom. The molecule has 0 aromatic heterocycles. The molecule has 1 aliphatic heterocycles. The summed E-state index contributed by atoms with van der Waals surface area (Å²) in [5.41, 5.74) is 0.999. The second-order valence-electron chi connectivity index (χ2n) is 5.37. The highest BCUT2D eigenvalue weighted by Crippen LogP contribution is 2.18. The van der Waals surface area contributed by atoms with Crippen molar-refractivity contribution in [1.82, 2.24) is 9.80 Å². The Bertz CT molecular complexity index is 405. The van der Waals surface area contributed by atoms with Crippen molar-refractivity contribution >= 4 is 11.6 Å². The zero-order valence-corrected chi connectivity index (χ0v) is 11.8. The number of para-hydroxylation sites is 1. The van der Waals surface area contributed by atoms with Crippen molar-refractivity contribution < 1.29 is 4.79 Å². The lowest BCUT2D eigenvalue weighted by Crippen LogP contribution is -2.43. The summed E-state index contributed by atoms with van der Waals surface area (Å²) in [6, 6.07) is 10.2. The molecule has 1 amide bonds. The number of nitrogens with one attached hydrogen (secondary N) is 1. The summed E-state index contributed by atoms with van der Waals surface area (Å²) >= 11 is 0. The van der Waals surface area contributed by atoms with Gasteiger partial charge < -0.3 is 15.1 Å². The number of amides is 1. The first kappa shape index (κ1) is 13.9. The lowest BCUT2D eigenvalue weighted by atomic mass is 10.2. The summed E-state index contributed by atoms with van der Waals surface area (Å²) in [4.78, 5) is 16.4. The minimum atomic E-state index is 0.202. The van der Waals surface area contributed by atoms with Gasteiger partial charge in [-0.15, -0.1) is 0 Å². The molecule has 1 N–H and O–H groups in total. The molecule has 1 heterocycles. The van der Waals surface area contributed by atoms with Crippen LogP contribution in [-0.2, 0) is 4.79 Å². The number of likely N-dealkylation sites (tertiary alicyclic amines) is 1. The molecule has 19 heavy (non-hydrogen) atoms. The Balaban J connectivity index is 1.85. The molecular formula is C15H23N3O. The highest BCUT2D eigenvalue weighted by molar-refractivity contribution is 5.81. The molecule has 0 saturated carbocycles. The van der Waals surface area contributed by atoms with Gasteiger partial charge in [-0.05, 0) is 39.1 Å². The number of hydrogen-bond acceptors (Lipinski definition) is 3. The van der Waals surface area contributed by atoms with Gasteiger partial charge in [-0.1, -0.05) is 18.2 Å². The topological polar surface area (TPSA) is 35.6 Å². The third-order valence-electron chi connectivity index (χ3n) is 3.49. The predicted octanol–water partition coefficient (Wildman–Crippen LogP) is 1.65. The van der Waals surface area contributed by atoms with Crippen molar-refractivity contribution in [3.05, 3.63) is 30.3 Å². The fraction of sp³-hybridized carbons (Fsp3) is 0.533. The highest BCUT2D eigenvalue weighted by Gasteiger charge is 2.28. The number of carbonyl (C=O) groups excluding carboxylic acids is 1. The second-order valence-corrected chi connectivity index (χ2v) is 5.37. The third-order valence-corrected chi connectivity index (χ3v) is 3.49. The molecule has 1 aliphatic rings. The van der Waals surface area contributed by atoms with E-state index in [0.29, 0.717) is 12.6 Å². The van der Waals surface area contributed by atoms with E-state index < -0.39 is 0 Å². The molecule has 1 aromatic carbocycles. The normalized spacial score (nSPS) is 18.9. The van der Waals surface area contributed by atoms with Crippen molar-refractivity contribution in [3.63, 3.8) is 0 Å². The zero-order valence-electron chi connectivity index (χ0n) is 11.8. The van der Waals surface area contributed by atoms with Gasteiger partial charge in [-0.2, -0.15) is 0 Å². The van der Waals surface area contributed by atoms with E-state index in [1.807, 2.05) is 35.2 Å². The van der Waals surface area contributed by atoms with Crippen LogP contribution in [-0.4, -0.2) is 55.5 Å². The van der Waals surface area contributed by atoms with Gasteiger partial charge in [0.1, 0.15) is 0 Å². The molecule has 2 rings (SSSR count). The van der Waals surface area contributed by atoms with Crippen LogP contribution in [0.4, 0.5) is 5.69 Å². The third kappa shape index (κ3) is 3.96. The number of rotatable bonds is 5. The van der Waals surface area contributed by atoms with Crippen LogP contribution >= 0.6 is 0 Å². The van der Waals surface area contributed by atoms with Crippen molar-refractivity contribution in [2.24, 2.45) is 0 Å². The van der Waals surface area contributed by atoms with Gasteiger partial charge in [0.05, 0.1) is 6.54 Å². The summed E-state index contributed by atoms with van der Waals surface area (Å²) in [7, 11) is 4.12. The van der Waals surface area contributed by atoms with E-state index >= 15 is 0 Å². The maximum atomic E-state index is 12.3. The van der Waals surface area contributed by atoms with E-state index in [1.54, 1.807) is 0 Å². The number of hydrogen-bond donors (Lipinski definition) is 1. The van der Waals surface area contributed by atoms with Crippen molar-refractivity contribution in [1.29, 1.82) is 0 Å². The molecule has 1 atom stereocenters. The van der Waals surface area contributed by atoms with E-state index in [-0.39, 0.29) is 5.91 Å². The first-order valence-electron chi connectivity index (χ1n) is 6.90. The molecule has 1 aromatic rings. The molecule has 4 nitrogen and oxygen atoms in total. The minimum Gasteiger partial charge on any atom is -0.376 e. The van der Waals surface area contributed by atoms with E-state index in [4.69, 9.17) is 0 Å². The van der Waals surface area contributed by atoms with E-state index in [2.05, 4.69) is 24.3 Å².